The molecule has 1 aromatic heterocycles. The van der Waals surface area contributed by atoms with Crippen molar-refractivity contribution in [3.8, 4) is 0 Å². The fourth-order valence-corrected chi connectivity index (χ4v) is 3.43. The largest absolute Gasteiger partial charge is 0.338 e. The minimum absolute atomic E-state index is 0.0839. The summed E-state index contributed by atoms with van der Waals surface area (Å²) in [6.07, 6.45) is 1.73. The predicted molar refractivity (Wildman–Crippen MR) is 96.9 cm³/mol. The first-order chi connectivity index (χ1) is 11.9. The molecule has 6 nitrogen and oxygen atoms in total. The van der Waals surface area contributed by atoms with E-state index in [2.05, 4.69) is 20.4 Å². The Balaban J connectivity index is 1.66. The van der Waals surface area contributed by atoms with E-state index >= 15 is 0 Å². The standard InChI is InChI=1S/C17H20Cl2N4O2/c1-10(2)16-21-15(25-22-16)9-23-5-3-4-14(23)17(24)20-13-7-11(18)6-12(19)8-13/h6-8,10,14H,3-5,9H2,1-2H3,(H,20,24). The van der Waals surface area contributed by atoms with E-state index in [9.17, 15) is 4.79 Å². The summed E-state index contributed by atoms with van der Waals surface area (Å²) in [5.74, 6) is 1.35. The number of nitrogens with zero attached hydrogens (tertiary/aromatic N) is 3. The molecular formula is C17H20Cl2N4O2. The highest BCUT2D eigenvalue weighted by molar-refractivity contribution is 6.35. The van der Waals surface area contributed by atoms with Gasteiger partial charge in [-0.05, 0) is 37.6 Å². The summed E-state index contributed by atoms with van der Waals surface area (Å²) in [5.41, 5.74) is 0.592. The fraction of sp³-hybridized carbons (Fsp3) is 0.471. The molecule has 8 heteroatoms. The van der Waals surface area contributed by atoms with E-state index in [4.69, 9.17) is 27.7 Å². The second-order valence-electron chi connectivity index (χ2n) is 6.48. The zero-order valence-electron chi connectivity index (χ0n) is 14.1. The van der Waals surface area contributed by atoms with Crippen molar-refractivity contribution >= 4 is 34.8 Å². The number of hydrogen-bond donors (Lipinski definition) is 1. The lowest BCUT2D eigenvalue weighted by atomic mass is 10.2. The zero-order valence-corrected chi connectivity index (χ0v) is 15.6. The summed E-state index contributed by atoms with van der Waals surface area (Å²) < 4.78 is 5.30. The van der Waals surface area contributed by atoms with Gasteiger partial charge in [0, 0.05) is 21.7 Å². The van der Waals surface area contributed by atoms with Gasteiger partial charge in [-0.2, -0.15) is 4.98 Å². The Labute approximate surface area is 156 Å². The monoisotopic (exact) mass is 382 g/mol. The fourth-order valence-electron chi connectivity index (χ4n) is 2.90. The summed E-state index contributed by atoms with van der Waals surface area (Å²) in [6.45, 7) is 5.30. The Bertz CT molecular complexity index is 743. The van der Waals surface area contributed by atoms with Gasteiger partial charge in [0.05, 0.1) is 12.6 Å². The molecule has 1 atom stereocenters. The van der Waals surface area contributed by atoms with Crippen molar-refractivity contribution in [3.05, 3.63) is 40.0 Å². The second kappa shape index (κ2) is 7.72. The van der Waals surface area contributed by atoms with Gasteiger partial charge in [-0.1, -0.05) is 42.2 Å². The molecule has 1 saturated heterocycles. The molecule has 0 saturated carbocycles. The van der Waals surface area contributed by atoms with E-state index in [1.807, 2.05) is 13.8 Å². The lowest BCUT2D eigenvalue weighted by Crippen LogP contribution is -2.39. The Morgan fingerprint density at radius 1 is 1.36 bits per heavy atom. The first kappa shape index (κ1) is 18.2. The van der Waals surface area contributed by atoms with Gasteiger partial charge in [0.1, 0.15) is 0 Å². The van der Waals surface area contributed by atoms with Crippen molar-refractivity contribution in [1.29, 1.82) is 0 Å². The number of hydrogen-bond acceptors (Lipinski definition) is 5. The van der Waals surface area contributed by atoms with Crippen LogP contribution < -0.4 is 5.32 Å². The molecule has 3 rings (SSSR count). The van der Waals surface area contributed by atoms with Crippen LogP contribution in [0, 0.1) is 0 Å². The van der Waals surface area contributed by atoms with Crippen LogP contribution >= 0.6 is 23.2 Å². The number of carbonyl (C=O) groups is 1. The molecule has 0 bridgehead atoms. The highest BCUT2D eigenvalue weighted by atomic mass is 35.5. The maximum Gasteiger partial charge on any atom is 0.241 e. The topological polar surface area (TPSA) is 71.3 Å². The number of likely N-dealkylation sites (tertiary alicyclic amines) is 1. The molecule has 1 aromatic carbocycles. The van der Waals surface area contributed by atoms with Crippen LogP contribution in [0.25, 0.3) is 0 Å². The van der Waals surface area contributed by atoms with Gasteiger partial charge in [-0.15, -0.1) is 0 Å². The summed E-state index contributed by atoms with van der Waals surface area (Å²) in [4.78, 5) is 19.1. The van der Waals surface area contributed by atoms with E-state index in [0.29, 0.717) is 34.0 Å². The number of nitrogens with one attached hydrogen (secondary N) is 1. The minimum atomic E-state index is -0.243. The van der Waals surface area contributed by atoms with E-state index < -0.39 is 0 Å². The van der Waals surface area contributed by atoms with Gasteiger partial charge in [0.2, 0.25) is 11.8 Å². The first-order valence-electron chi connectivity index (χ1n) is 8.26. The number of amides is 1. The Hall–Kier alpha value is -1.63. The number of anilines is 1. The van der Waals surface area contributed by atoms with Crippen LogP contribution in [0.4, 0.5) is 5.69 Å². The van der Waals surface area contributed by atoms with Crippen LogP contribution in [0.3, 0.4) is 0 Å². The number of halogens is 2. The van der Waals surface area contributed by atoms with E-state index in [1.54, 1.807) is 18.2 Å². The summed E-state index contributed by atoms with van der Waals surface area (Å²) in [7, 11) is 0. The molecule has 2 heterocycles. The van der Waals surface area contributed by atoms with Crippen LogP contribution in [0.2, 0.25) is 10.0 Å². The van der Waals surface area contributed by atoms with Crippen LogP contribution in [0.1, 0.15) is 44.3 Å². The highest BCUT2D eigenvalue weighted by Gasteiger charge is 2.32. The third kappa shape index (κ3) is 4.51. The number of rotatable bonds is 5. The van der Waals surface area contributed by atoms with Crippen LogP contribution in [0.5, 0.6) is 0 Å². The predicted octanol–water partition coefficient (Wildman–Crippen LogP) is 4.10. The zero-order chi connectivity index (χ0) is 18.0. The molecule has 1 unspecified atom stereocenters. The van der Waals surface area contributed by atoms with E-state index in [-0.39, 0.29) is 17.9 Å². The van der Waals surface area contributed by atoms with Gasteiger partial charge in [0.15, 0.2) is 5.82 Å². The number of aromatic nitrogens is 2. The van der Waals surface area contributed by atoms with Gasteiger partial charge in [0.25, 0.3) is 0 Å². The van der Waals surface area contributed by atoms with E-state index in [0.717, 1.165) is 19.4 Å². The van der Waals surface area contributed by atoms with Crippen LogP contribution in [-0.2, 0) is 11.3 Å². The van der Waals surface area contributed by atoms with Crippen molar-refractivity contribution < 1.29 is 9.32 Å². The lowest BCUT2D eigenvalue weighted by Gasteiger charge is -2.22. The van der Waals surface area contributed by atoms with Gasteiger partial charge < -0.3 is 9.84 Å². The summed E-state index contributed by atoms with van der Waals surface area (Å²) in [5, 5.41) is 7.83. The molecule has 1 fully saturated rings. The highest BCUT2D eigenvalue weighted by Crippen LogP contribution is 2.25. The van der Waals surface area contributed by atoms with Gasteiger partial charge >= 0.3 is 0 Å². The molecule has 0 spiro atoms. The molecule has 2 aromatic rings. The number of carbonyl (C=O) groups excluding carboxylic acids is 1. The Morgan fingerprint density at radius 2 is 2.08 bits per heavy atom. The molecule has 0 radical (unpaired) electrons. The van der Waals surface area contributed by atoms with Crippen LogP contribution in [0.15, 0.2) is 22.7 Å². The molecule has 1 aliphatic rings. The third-order valence-electron chi connectivity index (χ3n) is 4.13. The molecule has 134 valence electrons. The maximum absolute atomic E-state index is 12.6. The third-order valence-corrected chi connectivity index (χ3v) is 4.57. The molecule has 0 aliphatic carbocycles. The Kier molecular flexibility index (Phi) is 5.61. The maximum atomic E-state index is 12.6. The minimum Gasteiger partial charge on any atom is -0.338 e. The number of benzene rings is 1. The Morgan fingerprint density at radius 3 is 2.72 bits per heavy atom. The van der Waals surface area contributed by atoms with Crippen LogP contribution in [-0.4, -0.2) is 33.5 Å². The smallest absolute Gasteiger partial charge is 0.241 e. The molecule has 1 N–H and O–H groups in total. The van der Waals surface area contributed by atoms with Crippen molar-refractivity contribution in [3.63, 3.8) is 0 Å². The van der Waals surface area contributed by atoms with Crippen molar-refractivity contribution in [2.45, 2.75) is 45.2 Å². The first-order valence-corrected chi connectivity index (χ1v) is 9.01. The van der Waals surface area contributed by atoms with Crippen molar-refractivity contribution in [1.82, 2.24) is 15.0 Å². The van der Waals surface area contributed by atoms with Crippen molar-refractivity contribution in [2.24, 2.45) is 0 Å². The quantitative estimate of drug-likeness (QED) is 0.842. The van der Waals surface area contributed by atoms with Gasteiger partial charge in [-0.25, -0.2) is 0 Å². The molecule has 25 heavy (non-hydrogen) atoms. The normalized spacial score (nSPS) is 18.0. The summed E-state index contributed by atoms with van der Waals surface area (Å²) >= 11 is 12.0. The average Bonchev–Trinajstić information content (AvgIpc) is 3.16. The second-order valence-corrected chi connectivity index (χ2v) is 7.35. The lowest BCUT2D eigenvalue weighted by molar-refractivity contribution is -0.120. The molecule has 1 amide bonds. The molecule has 1 aliphatic heterocycles. The van der Waals surface area contributed by atoms with E-state index in [1.165, 1.54) is 0 Å². The van der Waals surface area contributed by atoms with Gasteiger partial charge in [-0.3, -0.25) is 9.69 Å². The summed E-state index contributed by atoms with van der Waals surface area (Å²) in [6, 6.07) is 4.74. The average molecular weight is 383 g/mol. The SMILES string of the molecule is CC(C)c1noc(CN2CCCC2C(=O)Nc2cc(Cl)cc(Cl)c2)n1. The van der Waals surface area contributed by atoms with Crippen molar-refractivity contribution in [2.75, 3.05) is 11.9 Å². The molecular weight excluding hydrogens is 363 g/mol.